The molecule has 2 rings (SSSR count). The molecule has 0 saturated carbocycles. The minimum Gasteiger partial charge on any atom is -0.521 e. The fourth-order valence-electron chi connectivity index (χ4n) is 2.92. The van der Waals surface area contributed by atoms with Gasteiger partial charge in [-0.3, -0.25) is 0 Å². The molecule has 0 aliphatic rings. The van der Waals surface area contributed by atoms with Crippen LogP contribution in [0.2, 0.25) is 26.2 Å². The Hall–Kier alpha value is -1.97. The molecule has 0 unspecified atom stereocenters. The first-order valence-electron chi connectivity index (χ1n) is 10.1. The van der Waals surface area contributed by atoms with Gasteiger partial charge in [-0.25, -0.2) is 0 Å². The Labute approximate surface area is 177 Å². The maximum absolute atomic E-state index is 6.39. The van der Waals surface area contributed by atoms with E-state index in [1.165, 1.54) is 0 Å². The molecule has 0 heterocycles. The van der Waals surface area contributed by atoms with E-state index in [4.69, 9.17) is 22.4 Å². The standard InChI is InChI=1S/C22H34O5Si2/c1-17(2)23-19-9-13-21(14-10-19)25-28(5,6)27-29(7,8)26-22-15-11-20(12-16-22)24-18(3)4/h9-18H,1-8H3. The summed E-state index contributed by atoms with van der Waals surface area (Å²) in [5.74, 6) is 3.21. The first-order chi connectivity index (χ1) is 13.4. The van der Waals surface area contributed by atoms with Crippen molar-refractivity contribution in [2.24, 2.45) is 0 Å². The highest BCUT2D eigenvalue weighted by Gasteiger charge is 2.39. The van der Waals surface area contributed by atoms with E-state index in [2.05, 4.69) is 0 Å². The number of benzene rings is 2. The van der Waals surface area contributed by atoms with Crippen LogP contribution >= 0.6 is 0 Å². The summed E-state index contributed by atoms with van der Waals surface area (Å²) in [6, 6.07) is 15.3. The molecular formula is C22H34O5Si2. The molecule has 0 N–H and O–H groups in total. The summed E-state index contributed by atoms with van der Waals surface area (Å²) in [5, 5.41) is 0. The van der Waals surface area contributed by atoms with Crippen molar-refractivity contribution >= 4 is 17.1 Å². The zero-order valence-electron chi connectivity index (χ0n) is 18.8. The van der Waals surface area contributed by atoms with Gasteiger partial charge in [0.15, 0.2) is 0 Å². The van der Waals surface area contributed by atoms with E-state index in [0.29, 0.717) is 0 Å². The molecule has 0 aliphatic heterocycles. The summed E-state index contributed by atoms with van der Waals surface area (Å²) in [6.07, 6.45) is 0.289. The minimum absolute atomic E-state index is 0.144. The smallest absolute Gasteiger partial charge is 0.384 e. The van der Waals surface area contributed by atoms with E-state index in [0.717, 1.165) is 23.0 Å². The van der Waals surface area contributed by atoms with Gasteiger partial charge < -0.3 is 22.4 Å². The quantitative estimate of drug-likeness (QED) is 0.420. The molecule has 160 valence electrons. The zero-order chi connectivity index (χ0) is 21.7. The molecule has 0 radical (unpaired) electrons. The number of ether oxygens (including phenoxy) is 2. The Morgan fingerprint density at radius 2 is 0.793 bits per heavy atom. The normalized spacial score (nSPS) is 12.2. The molecule has 0 amide bonds. The van der Waals surface area contributed by atoms with Crippen molar-refractivity contribution in [3.8, 4) is 23.0 Å². The molecule has 7 heteroatoms. The number of rotatable bonds is 10. The third kappa shape index (κ3) is 8.51. The van der Waals surface area contributed by atoms with Crippen LogP contribution in [0.15, 0.2) is 48.5 Å². The lowest BCUT2D eigenvalue weighted by Crippen LogP contribution is -2.52. The van der Waals surface area contributed by atoms with Crippen molar-refractivity contribution in [3.63, 3.8) is 0 Å². The van der Waals surface area contributed by atoms with Gasteiger partial charge in [0.1, 0.15) is 23.0 Å². The van der Waals surface area contributed by atoms with Gasteiger partial charge >= 0.3 is 17.1 Å². The van der Waals surface area contributed by atoms with Gasteiger partial charge in [-0.15, -0.1) is 0 Å². The van der Waals surface area contributed by atoms with Crippen LogP contribution in [0.3, 0.4) is 0 Å². The van der Waals surface area contributed by atoms with Crippen LogP contribution in [-0.4, -0.2) is 29.3 Å². The highest BCUT2D eigenvalue weighted by molar-refractivity contribution is 6.79. The minimum atomic E-state index is -2.44. The second-order valence-electron chi connectivity index (χ2n) is 8.38. The van der Waals surface area contributed by atoms with Gasteiger partial charge in [-0.1, -0.05) is 0 Å². The van der Waals surface area contributed by atoms with Crippen molar-refractivity contribution in [2.45, 2.75) is 66.1 Å². The Morgan fingerprint density at radius 1 is 0.517 bits per heavy atom. The van der Waals surface area contributed by atoms with Crippen LogP contribution in [0.5, 0.6) is 23.0 Å². The van der Waals surface area contributed by atoms with Crippen LogP contribution in [-0.2, 0) is 4.12 Å². The second kappa shape index (κ2) is 9.69. The van der Waals surface area contributed by atoms with E-state index >= 15 is 0 Å². The fourth-order valence-corrected chi connectivity index (χ4v) is 9.39. The molecule has 0 aliphatic carbocycles. The lowest BCUT2D eigenvalue weighted by Gasteiger charge is -2.33. The predicted molar refractivity (Wildman–Crippen MR) is 122 cm³/mol. The largest absolute Gasteiger partial charge is 0.521 e. The third-order valence-corrected chi connectivity index (χ3v) is 9.00. The molecule has 5 nitrogen and oxygen atoms in total. The van der Waals surface area contributed by atoms with Gasteiger partial charge in [0.2, 0.25) is 0 Å². The Morgan fingerprint density at radius 3 is 1.07 bits per heavy atom. The number of hydrogen-bond donors (Lipinski definition) is 0. The molecule has 2 aromatic carbocycles. The molecular weight excluding hydrogens is 400 g/mol. The van der Waals surface area contributed by atoms with Gasteiger partial charge in [0, 0.05) is 0 Å². The van der Waals surface area contributed by atoms with E-state index in [1.54, 1.807) is 0 Å². The van der Waals surface area contributed by atoms with Crippen LogP contribution in [0.1, 0.15) is 27.7 Å². The number of hydrogen-bond acceptors (Lipinski definition) is 5. The van der Waals surface area contributed by atoms with E-state index in [1.807, 2.05) is 102 Å². The first-order valence-corrected chi connectivity index (χ1v) is 15.7. The summed E-state index contributed by atoms with van der Waals surface area (Å²) in [5.41, 5.74) is 0. The molecule has 29 heavy (non-hydrogen) atoms. The monoisotopic (exact) mass is 434 g/mol. The Balaban J connectivity index is 1.96. The van der Waals surface area contributed by atoms with E-state index in [9.17, 15) is 0 Å². The molecule has 0 atom stereocenters. The molecule has 0 aromatic heterocycles. The molecule has 0 spiro atoms. The molecule has 0 saturated heterocycles. The van der Waals surface area contributed by atoms with Crippen LogP contribution < -0.4 is 18.3 Å². The summed E-state index contributed by atoms with van der Waals surface area (Å²) in [4.78, 5) is 0. The summed E-state index contributed by atoms with van der Waals surface area (Å²) >= 11 is 0. The van der Waals surface area contributed by atoms with Gasteiger partial charge in [0.05, 0.1) is 12.2 Å². The average molecular weight is 435 g/mol. The Kier molecular flexibility index (Phi) is 7.79. The molecule has 2 aromatic rings. The lowest BCUT2D eigenvalue weighted by atomic mass is 10.3. The first kappa shape index (κ1) is 23.3. The van der Waals surface area contributed by atoms with Crippen molar-refractivity contribution in [2.75, 3.05) is 0 Å². The summed E-state index contributed by atoms with van der Waals surface area (Å²) < 4.78 is 30.1. The lowest BCUT2D eigenvalue weighted by molar-refractivity contribution is 0.242. The Bertz CT molecular complexity index is 690. The summed E-state index contributed by atoms with van der Waals surface area (Å²) in [6.45, 7) is 16.1. The molecule has 0 fully saturated rings. The maximum atomic E-state index is 6.39. The third-order valence-electron chi connectivity index (χ3n) is 3.61. The highest BCUT2D eigenvalue weighted by atomic mass is 28.5. The van der Waals surface area contributed by atoms with Gasteiger partial charge in [0.25, 0.3) is 0 Å². The SMILES string of the molecule is CC(C)Oc1ccc(O[Si](C)(C)O[Si](C)(C)Oc2ccc(OC(C)C)cc2)cc1. The van der Waals surface area contributed by atoms with Crippen molar-refractivity contribution in [1.29, 1.82) is 0 Å². The second-order valence-corrected chi connectivity index (χ2v) is 15.2. The summed E-state index contributed by atoms with van der Waals surface area (Å²) in [7, 11) is -4.89. The van der Waals surface area contributed by atoms with E-state index in [-0.39, 0.29) is 12.2 Å². The fraction of sp³-hybridized carbons (Fsp3) is 0.455. The van der Waals surface area contributed by atoms with Crippen LogP contribution in [0, 0.1) is 0 Å². The highest BCUT2D eigenvalue weighted by Crippen LogP contribution is 2.26. The molecule has 0 bridgehead atoms. The van der Waals surface area contributed by atoms with Crippen LogP contribution in [0.4, 0.5) is 0 Å². The average Bonchev–Trinajstić information content (AvgIpc) is 2.56. The van der Waals surface area contributed by atoms with Gasteiger partial charge in [-0.2, -0.15) is 0 Å². The van der Waals surface area contributed by atoms with Crippen molar-refractivity contribution < 1.29 is 22.4 Å². The topological polar surface area (TPSA) is 46.2 Å². The van der Waals surface area contributed by atoms with Crippen molar-refractivity contribution in [3.05, 3.63) is 48.5 Å². The maximum Gasteiger partial charge on any atom is 0.384 e. The zero-order valence-corrected chi connectivity index (χ0v) is 20.8. The van der Waals surface area contributed by atoms with Gasteiger partial charge in [-0.05, 0) is 102 Å². The predicted octanol–water partition coefficient (Wildman–Crippen LogP) is 6.14. The van der Waals surface area contributed by atoms with Crippen molar-refractivity contribution in [1.82, 2.24) is 0 Å². The van der Waals surface area contributed by atoms with Crippen LogP contribution in [0.25, 0.3) is 0 Å². The van der Waals surface area contributed by atoms with E-state index < -0.39 is 17.1 Å².